The fourth-order valence-electron chi connectivity index (χ4n) is 1.90. The Morgan fingerprint density at radius 2 is 2.14 bits per heavy atom. The van der Waals surface area contributed by atoms with Crippen molar-refractivity contribution in [2.45, 2.75) is 25.4 Å². The number of rotatable bonds is 5. The number of nitrogens with zero attached hydrogens (tertiary/aromatic N) is 3. The van der Waals surface area contributed by atoms with Gasteiger partial charge in [0, 0.05) is 12.2 Å². The summed E-state index contributed by atoms with van der Waals surface area (Å²) in [6.07, 6.45) is 0.350. The Kier molecular flexibility index (Phi) is 5.34. The monoisotopic (exact) mass is 316 g/mol. The number of hydrogen-bond acceptors (Lipinski definition) is 5. The van der Waals surface area contributed by atoms with Crippen LogP contribution in [0.5, 0.6) is 0 Å². The predicted octanol–water partition coefficient (Wildman–Crippen LogP) is 3.41. The van der Waals surface area contributed by atoms with Crippen molar-refractivity contribution in [3.8, 4) is 6.07 Å². The second kappa shape index (κ2) is 7.23. The number of nitrogen functional groups attached to an aromatic ring is 1. The molecule has 2 N–H and O–H groups in total. The highest BCUT2D eigenvalue weighted by Crippen LogP contribution is 2.23. The Labute approximate surface area is 133 Å². The molecule has 2 rings (SSSR count). The molecule has 0 saturated heterocycles. The molecule has 1 aromatic heterocycles. The molecule has 6 heteroatoms. The van der Waals surface area contributed by atoms with Gasteiger partial charge in [0.15, 0.2) is 5.16 Å². The maximum atomic E-state index is 13.3. The van der Waals surface area contributed by atoms with Crippen molar-refractivity contribution < 1.29 is 4.39 Å². The summed E-state index contributed by atoms with van der Waals surface area (Å²) in [7, 11) is 0. The number of nitrogens with two attached hydrogens (primary N) is 1. The molecule has 0 atom stereocenters. The fourth-order valence-corrected chi connectivity index (χ4v) is 2.72. The second-order valence-corrected chi connectivity index (χ2v) is 6.32. The van der Waals surface area contributed by atoms with Crippen LogP contribution in [0.3, 0.4) is 0 Å². The van der Waals surface area contributed by atoms with Crippen LogP contribution in [0.1, 0.15) is 30.7 Å². The largest absolute Gasteiger partial charge is 0.382 e. The lowest BCUT2D eigenvalue weighted by Crippen LogP contribution is -2.06. The number of nitriles is 1. The van der Waals surface area contributed by atoms with E-state index in [1.807, 2.05) is 6.07 Å². The molecule has 2 aromatic rings. The van der Waals surface area contributed by atoms with Gasteiger partial charge in [-0.2, -0.15) is 5.26 Å². The Hall–Kier alpha value is -2.13. The normalized spacial score (nSPS) is 10.7. The number of benzene rings is 1. The molecule has 0 aliphatic carbocycles. The van der Waals surface area contributed by atoms with Gasteiger partial charge in [0.1, 0.15) is 23.3 Å². The molecule has 0 aliphatic heterocycles. The van der Waals surface area contributed by atoms with Crippen molar-refractivity contribution in [1.29, 1.82) is 5.26 Å². The molecule has 0 bridgehead atoms. The molecular weight excluding hydrogens is 299 g/mol. The number of halogens is 1. The van der Waals surface area contributed by atoms with Gasteiger partial charge in [-0.3, -0.25) is 0 Å². The van der Waals surface area contributed by atoms with Gasteiger partial charge in [0.25, 0.3) is 0 Å². The zero-order valence-corrected chi connectivity index (χ0v) is 13.3. The molecule has 22 heavy (non-hydrogen) atoms. The molecule has 0 fully saturated rings. The first kappa shape index (κ1) is 16.2. The van der Waals surface area contributed by atoms with E-state index < -0.39 is 0 Å². The third-order valence-corrected chi connectivity index (χ3v) is 4.18. The zero-order valence-electron chi connectivity index (χ0n) is 12.5. The topological polar surface area (TPSA) is 75.6 Å². The molecular formula is C16H17FN4S. The van der Waals surface area contributed by atoms with Crippen LogP contribution in [0.25, 0.3) is 0 Å². The van der Waals surface area contributed by atoms with Crippen LogP contribution in [-0.2, 0) is 6.42 Å². The van der Waals surface area contributed by atoms with Crippen molar-refractivity contribution in [3.05, 3.63) is 46.9 Å². The van der Waals surface area contributed by atoms with Gasteiger partial charge in [0.2, 0.25) is 0 Å². The lowest BCUT2D eigenvalue weighted by Gasteiger charge is -2.09. The second-order valence-electron chi connectivity index (χ2n) is 5.34. The minimum Gasteiger partial charge on any atom is -0.382 e. The summed E-state index contributed by atoms with van der Waals surface area (Å²) in [6, 6.07) is 8.28. The molecule has 0 unspecified atom stereocenters. The smallest absolute Gasteiger partial charge is 0.189 e. The zero-order chi connectivity index (χ0) is 16.1. The Balaban J connectivity index is 2.33. The minimum absolute atomic E-state index is 0.176. The number of aromatic nitrogens is 2. The third-order valence-electron chi connectivity index (χ3n) is 2.91. The van der Waals surface area contributed by atoms with Crippen LogP contribution in [0.4, 0.5) is 10.2 Å². The first-order valence-electron chi connectivity index (χ1n) is 6.93. The van der Waals surface area contributed by atoms with Gasteiger partial charge in [0.05, 0.1) is 5.69 Å². The SMILES string of the molecule is CC(C)CSc1nc(N)c(C#N)c(Cc2cccc(F)c2)n1. The molecule has 0 saturated carbocycles. The molecule has 0 amide bonds. The van der Waals surface area contributed by atoms with Crippen molar-refractivity contribution in [1.82, 2.24) is 9.97 Å². The maximum absolute atomic E-state index is 13.3. The van der Waals surface area contributed by atoms with E-state index in [9.17, 15) is 9.65 Å². The van der Waals surface area contributed by atoms with E-state index in [4.69, 9.17) is 5.73 Å². The quantitative estimate of drug-likeness (QED) is 0.676. The lowest BCUT2D eigenvalue weighted by atomic mass is 10.1. The first-order chi connectivity index (χ1) is 10.5. The minimum atomic E-state index is -0.313. The van der Waals surface area contributed by atoms with Gasteiger partial charge in [-0.05, 0) is 23.6 Å². The summed E-state index contributed by atoms with van der Waals surface area (Å²) < 4.78 is 13.3. The van der Waals surface area contributed by atoms with E-state index in [1.54, 1.807) is 12.1 Å². The van der Waals surface area contributed by atoms with Gasteiger partial charge in [-0.15, -0.1) is 0 Å². The summed E-state index contributed by atoms with van der Waals surface area (Å²) >= 11 is 1.50. The van der Waals surface area contributed by atoms with E-state index in [1.165, 1.54) is 23.9 Å². The van der Waals surface area contributed by atoms with Crippen molar-refractivity contribution >= 4 is 17.6 Å². The summed E-state index contributed by atoms with van der Waals surface area (Å²) in [6.45, 7) is 4.21. The standard InChI is InChI=1S/C16H17FN4S/c1-10(2)9-22-16-20-14(13(8-18)15(19)21-16)7-11-4-3-5-12(17)6-11/h3-6,10H,7,9H2,1-2H3,(H2,19,20,21). The molecule has 0 radical (unpaired) electrons. The maximum Gasteiger partial charge on any atom is 0.189 e. The Morgan fingerprint density at radius 3 is 2.77 bits per heavy atom. The van der Waals surface area contributed by atoms with Gasteiger partial charge in [-0.1, -0.05) is 37.7 Å². The number of anilines is 1. The molecule has 4 nitrogen and oxygen atoms in total. The molecule has 1 heterocycles. The fraction of sp³-hybridized carbons (Fsp3) is 0.312. The average molecular weight is 316 g/mol. The third kappa shape index (κ3) is 4.18. The van der Waals surface area contributed by atoms with E-state index in [-0.39, 0.29) is 17.2 Å². The van der Waals surface area contributed by atoms with Crippen molar-refractivity contribution in [2.75, 3.05) is 11.5 Å². The van der Waals surface area contributed by atoms with Gasteiger partial charge < -0.3 is 5.73 Å². The van der Waals surface area contributed by atoms with Gasteiger partial charge in [-0.25, -0.2) is 14.4 Å². The summed E-state index contributed by atoms with van der Waals surface area (Å²) in [5.41, 5.74) is 7.40. The Bertz CT molecular complexity index is 710. The van der Waals surface area contributed by atoms with Crippen LogP contribution in [0.2, 0.25) is 0 Å². The van der Waals surface area contributed by atoms with E-state index >= 15 is 0 Å². The summed E-state index contributed by atoms with van der Waals surface area (Å²) in [4.78, 5) is 8.60. The molecule has 0 spiro atoms. The molecule has 1 aromatic carbocycles. The highest BCUT2D eigenvalue weighted by atomic mass is 32.2. The number of hydrogen-bond donors (Lipinski definition) is 1. The van der Waals surface area contributed by atoms with Crippen LogP contribution in [0.15, 0.2) is 29.4 Å². The highest BCUT2D eigenvalue weighted by molar-refractivity contribution is 7.99. The van der Waals surface area contributed by atoms with Crippen LogP contribution in [0, 0.1) is 23.1 Å². The van der Waals surface area contributed by atoms with E-state index in [2.05, 4.69) is 23.8 Å². The first-order valence-corrected chi connectivity index (χ1v) is 7.92. The van der Waals surface area contributed by atoms with Crippen molar-refractivity contribution in [2.24, 2.45) is 5.92 Å². The summed E-state index contributed by atoms with van der Waals surface area (Å²) in [5.74, 6) is 1.23. The average Bonchev–Trinajstić information content (AvgIpc) is 2.45. The van der Waals surface area contributed by atoms with Crippen LogP contribution < -0.4 is 5.73 Å². The predicted molar refractivity (Wildman–Crippen MR) is 85.9 cm³/mol. The number of thioether (sulfide) groups is 1. The van der Waals surface area contributed by atoms with Crippen LogP contribution >= 0.6 is 11.8 Å². The van der Waals surface area contributed by atoms with Crippen molar-refractivity contribution in [3.63, 3.8) is 0 Å². The summed E-state index contributed by atoms with van der Waals surface area (Å²) in [5, 5.41) is 9.80. The highest BCUT2D eigenvalue weighted by Gasteiger charge is 2.14. The Morgan fingerprint density at radius 1 is 1.36 bits per heavy atom. The molecule has 0 aliphatic rings. The van der Waals surface area contributed by atoms with E-state index in [0.717, 1.165) is 11.3 Å². The molecule has 114 valence electrons. The van der Waals surface area contributed by atoms with Crippen LogP contribution in [-0.4, -0.2) is 15.7 Å². The van der Waals surface area contributed by atoms with E-state index in [0.29, 0.717) is 23.2 Å². The lowest BCUT2D eigenvalue weighted by molar-refractivity contribution is 0.626. The van der Waals surface area contributed by atoms with Gasteiger partial charge >= 0.3 is 0 Å².